The van der Waals surface area contributed by atoms with Crippen molar-refractivity contribution in [1.29, 1.82) is 0 Å². The minimum atomic E-state index is 1.15. The van der Waals surface area contributed by atoms with E-state index in [1.807, 2.05) is 0 Å². The predicted molar refractivity (Wildman–Crippen MR) is 89.4 cm³/mol. The van der Waals surface area contributed by atoms with E-state index in [1.165, 1.54) is 64.4 Å². The highest BCUT2D eigenvalue weighted by Gasteiger charge is 2.06. The lowest BCUT2D eigenvalue weighted by Gasteiger charge is -2.12. The van der Waals surface area contributed by atoms with E-state index in [0.29, 0.717) is 0 Å². The Kier molecular flexibility index (Phi) is 4.26. The maximum absolute atomic E-state index is 3.73. The second kappa shape index (κ2) is 6.13. The zero-order valence-electron chi connectivity index (χ0n) is 12.1. The molecule has 0 heterocycles. The zero-order valence-corrected chi connectivity index (χ0v) is 13.7. The predicted octanol–water partition coefficient (Wildman–Crippen LogP) is 5.42. The van der Waals surface area contributed by atoms with E-state index in [0.717, 1.165) is 6.42 Å². The molecule has 0 N–H and O–H groups in total. The Labute approximate surface area is 130 Å². The fourth-order valence-electron chi connectivity index (χ4n) is 3.11. The Morgan fingerprint density at radius 2 is 1.35 bits per heavy atom. The van der Waals surface area contributed by atoms with E-state index in [1.54, 1.807) is 0 Å². The second-order valence-corrected chi connectivity index (χ2v) is 6.75. The van der Waals surface area contributed by atoms with Gasteiger partial charge in [-0.05, 0) is 79.3 Å². The summed E-state index contributed by atoms with van der Waals surface area (Å²) < 4.78 is 1.29. The number of rotatable bonds is 0. The average Bonchev–Trinajstić information content (AvgIpc) is 2.43. The summed E-state index contributed by atoms with van der Waals surface area (Å²) in [4.78, 5) is 0. The van der Waals surface area contributed by atoms with E-state index >= 15 is 0 Å². The Morgan fingerprint density at radius 3 is 2.00 bits per heavy atom. The molecule has 0 atom stereocenters. The van der Waals surface area contributed by atoms with Gasteiger partial charge in [-0.1, -0.05) is 46.3 Å². The molecule has 0 radical (unpaired) electrons. The topological polar surface area (TPSA) is 0 Å². The lowest BCUT2D eigenvalue weighted by molar-refractivity contribution is 0.794. The van der Waals surface area contributed by atoms with Gasteiger partial charge in [0, 0.05) is 4.47 Å². The number of halogens is 1. The molecule has 2 aromatic rings. The molecule has 4 aliphatic carbocycles. The van der Waals surface area contributed by atoms with Crippen LogP contribution in [0.15, 0.2) is 40.9 Å². The zero-order chi connectivity index (χ0) is 13.9. The molecule has 1 heteroatoms. The third kappa shape index (κ3) is 3.15. The molecule has 4 aliphatic rings. The maximum atomic E-state index is 3.73. The van der Waals surface area contributed by atoms with Crippen LogP contribution >= 0.6 is 15.9 Å². The van der Waals surface area contributed by atoms with Gasteiger partial charge >= 0.3 is 0 Å². The van der Waals surface area contributed by atoms with Crippen molar-refractivity contribution in [2.24, 2.45) is 0 Å². The summed E-state index contributed by atoms with van der Waals surface area (Å²) in [5, 5.41) is 0. The van der Waals surface area contributed by atoms with E-state index in [9.17, 15) is 0 Å². The fourth-order valence-corrected chi connectivity index (χ4v) is 3.73. The summed E-state index contributed by atoms with van der Waals surface area (Å²) >= 11 is 3.73. The van der Waals surface area contributed by atoms with Gasteiger partial charge in [0.1, 0.15) is 0 Å². The molecule has 0 fully saturated rings. The van der Waals surface area contributed by atoms with Crippen LogP contribution in [0.2, 0.25) is 0 Å². The molecule has 0 aliphatic heterocycles. The number of hydrogen-bond donors (Lipinski definition) is 0. The molecule has 0 nitrogen and oxygen atoms in total. The molecule has 0 saturated heterocycles. The molecule has 0 unspecified atom stereocenters. The molecule has 2 aromatic carbocycles. The molecule has 0 saturated carbocycles. The molecule has 4 bridgehead atoms. The van der Waals surface area contributed by atoms with Crippen molar-refractivity contribution < 1.29 is 0 Å². The largest absolute Gasteiger partial charge is 0.0588 e. The standard InChI is InChI=1S/C19H21Br/c1-14-12-15-4-3-7-18-11-9-16(13-19(18)20)5-2-6-17(14)10-8-15/h8-13H,2-7H2,1H3. The van der Waals surface area contributed by atoms with Gasteiger partial charge in [0.2, 0.25) is 0 Å². The van der Waals surface area contributed by atoms with E-state index < -0.39 is 0 Å². The molecule has 20 heavy (non-hydrogen) atoms. The van der Waals surface area contributed by atoms with Gasteiger partial charge in [-0.15, -0.1) is 0 Å². The summed E-state index contributed by atoms with van der Waals surface area (Å²) in [6.45, 7) is 2.26. The Hall–Kier alpha value is -1.08. The summed E-state index contributed by atoms with van der Waals surface area (Å²) in [7, 11) is 0. The van der Waals surface area contributed by atoms with Crippen LogP contribution in [0.1, 0.15) is 40.7 Å². The Bertz CT molecular complexity index is 558. The van der Waals surface area contributed by atoms with Crippen LogP contribution in [0, 0.1) is 6.92 Å². The lowest BCUT2D eigenvalue weighted by atomic mass is 9.95. The van der Waals surface area contributed by atoms with Crippen LogP contribution in [0.25, 0.3) is 0 Å². The van der Waals surface area contributed by atoms with Gasteiger partial charge < -0.3 is 0 Å². The normalized spacial score (nSPS) is 15.3. The third-order valence-corrected chi connectivity index (χ3v) is 5.09. The van der Waals surface area contributed by atoms with Crippen molar-refractivity contribution in [3.8, 4) is 0 Å². The second-order valence-electron chi connectivity index (χ2n) is 5.89. The van der Waals surface area contributed by atoms with Crippen molar-refractivity contribution >= 4 is 15.9 Å². The molecule has 104 valence electrons. The van der Waals surface area contributed by atoms with Crippen LogP contribution in [-0.4, -0.2) is 0 Å². The van der Waals surface area contributed by atoms with Crippen LogP contribution in [0.3, 0.4) is 0 Å². The maximum Gasteiger partial charge on any atom is 0.0210 e. The van der Waals surface area contributed by atoms with Gasteiger partial charge in [0.25, 0.3) is 0 Å². The van der Waals surface area contributed by atoms with Gasteiger partial charge in [0.05, 0.1) is 0 Å². The van der Waals surface area contributed by atoms with Gasteiger partial charge in [-0.2, -0.15) is 0 Å². The summed E-state index contributed by atoms with van der Waals surface area (Å²) in [6, 6.07) is 14.0. The van der Waals surface area contributed by atoms with Crippen molar-refractivity contribution in [3.63, 3.8) is 0 Å². The van der Waals surface area contributed by atoms with Crippen molar-refractivity contribution in [2.45, 2.75) is 45.4 Å². The lowest BCUT2D eigenvalue weighted by Crippen LogP contribution is -1.98. The first-order chi connectivity index (χ1) is 9.72. The van der Waals surface area contributed by atoms with Gasteiger partial charge in [0.15, 0.2) is 0 Å². The van der Waals surface area contributed by atoms with Crippen LogP contribution < -0.4 is 0 Å². The average molecular weight is 329 g/mol. The summed E-state index contributed by atoms with van der Waals surface area (Å²) in [6.07, 6.45) is 7.13. The Morgan fingerprint density at radius 1 is 0.750 bits per heavy atom. The highest BCUT2D eigenvalue weighted by Crippen LogP contribution is 2.23. The fraction of sp³-hybridized carbons (Fsp3) is 0.368. The van der Waals surface area contributed by atoms with Crippen LogP contribution in [0.5, 0.6) is 0 Å². The molecule has 0 amide bonds. The molecule has 0 spiro atoms. The van der Waals surface area contributed by atoms with E-state index in [2.05, 4.69) is 59.3 Å². The smallest absolute Gasteiger partial charge is 0.0210 e. The highest BCUT2D eigenvalue weighted by molar-refractivity contribution is 9.10. The number of hydrogen-bond acceptors (Lipinski definition) is 0. The minimum Gasteiger partial charge on any atom is -0.0588 e. The first-order valence-corrected chi connectivity index (χ1v) is 8.37. The summed E-state index contributed by atoms with van der Waals surface area (Å²) in [5.74, 6) is 0. The Balaban J connectivity index is 1.89. The first kappa shape index (κ1) is 13.9. The molecule has 0 aromatic heterocycles. The van der Waals surface area contributed by atoms with Crippen LogP contribution in [-0.2, 0) is 25.7 Å². The highest BCUT2D eigenvalue weighted by atomic mass is 79.9. The minimum absolute atomic E-state index is 1.15. The summed E-state index contributed by atoms with van der Waals surface area (Å²) in [5.41, 5.74) is 7.36. The van der Waals surface area contributed by atoms with Crippen molar-refractivity contribution in [3.05, 3.63) is 68.7 Å². The SMILES string of the molecule is Cc1cc2ccc1CCCc1ccc(c(Br)c1)CCC2. The first-order valence-electron chi connectivity index (χ1n) is 7.58. The van der Waals surface area contributed by atoms with Crippen LogP contribution in [0.4, 0.5) is 0 Å². The number of benzene rings is 2. The molecule has 6 rings (SSSR count). The van der Waals surface area contributed by atoms with Gasteiger partial charge in [-0.25, -0.2) is 0 Å². The number of aryl methyl sites for hydroxylation is 5. The quantitative estimate of drug-likeness (QED) is 0.605. The van der Waals surface area contributed by atoms with Gasteiger partial charge in [-0.3, -0.25) is 0 Å². The molecular formula is C19H21Br. The molecular weight excluding hydrogens is 308 g/mol. The van der Waals surface area contributed by atoms with E-state index in [-0.39, 0.29) is 0 Å². The third-order valence-electron chi connectivity index (χ3n) is 4.35. The van der Waals surface area contributed by atoms with Crippen molar-refractivity contribution in [1.82, 2.24) is 0 Å². The van der Waals surface area contributed by atoms with Crippen molar-refractivity contribution in [2.75, 3.05) is 0 Å². The monoisotopic (exact) mass is 328 g/mol. The van der Waals surface area contributed by atoms with E-state index in [4.69, 9.17) is 0 Å².